The van der Waals surface area contributed by atoms with E-state index in [2.05, 4.69) is 31.9 Å². The number of amides is 1. The number of nitrogens with zero attached hydrogens (tertiary/aromatic N) is 6. The second-order valence-electron chi connectivity index (χ2n) is 7.31. The van der Waals surface area contributed by atoms with Crippen molar-refractivity contribution in [3.8, 4) is 23.2 Å². The Kier molecular flexibility index (Phi) is 5.38. The molecule has 1 aromatic carbocycles. The number of hydrogen-bond donors (Lipinski definition) is 1. The molecule has 1 amide bonds. The highest BCUT2D eigenvalue weighted by molar-refractivity contribution is 5.95. The highest BCUT2D eigenvalue weighted by Gasteiger charge is 2.22. The van der Waals surface area contributed by atoms with E-state index in [1.165, 1.54) is 22.8 Å². The first-order valence-corrected chi connectivity index (χ1v) is 10.2. The smallest absolute Gasteiger partial charge is 0.256 e. The van der Waals surface area contributed by atoms with Gasteiger partial charge in [-0.15, -0.1) is 5.10 Å². The van der Waals surface area contributed by atoms with Crippen molar-refractivity contribution in [2.45, 2.75) is 0 Å². The molecule has 1 aliphatic rings. The normalized spacial score (nSPS) is 13.5. The summed E-state index contributed by atoms with van der Waals surface area (Å²) < 4.78 is 21.6. The molecule has 1 fully saturated rings. The molecule has 0 unspecified atom stereocenters. The molecule has 0 bridgehead atoms. The monoisotopic (exact) mass is 443 g/mol. The predicted molar refractivity (Wildman–Crippen MR) is 118 cm³/mol. The zero-order valence-electron chi connectivity index (χ0n) is 17.4. The Morgan fingerprint density at radius 1 is 1.06 bits per heavy atom. The first-order chi connectivity index (χ1) is 16.1. The van der Waals surface area contributed by atoms with Gasteiger partial charge in [0, 0.05) is 30.4 Å². The molecule has 2 N–H and O–H groups in total. The first kappa shape index (κ1) is 20.5. The van der Waals surface area contributed by atoms with E-state index < -0.39 is 5.82 Å². The number of pyridine rings is 1. The molecule has 0 atom stereocenters. The number of anilines is 1. The molecular formula is C23H18FN7O2. The number of nitrogens with two attached hydrogens (primary N) is 1. The fraction of sp³-hybridized carbons (Fsp3) is 0.174. The molecule has 164 valence electrons. The van der Waals surface area contributed by atoms with Crippen molar-refractivity contribution < 1.29 is 13.9 Å². The Labute approximate surface area is 188 Å². The van der Waals surface area contributed by atoms with Gasteiger partial charge in [0.25, 0.3) is 5.91 Å². The summed E-state index contributed by atoms with van der Waals surface area (Å²) in [7, 11) is 0. The fourth-order valence-electron chi connectivity index (χ4n) is 3.44. The van der Waals surface area contributed by atoms with Crippen molar-refractivity contribution >= 4 is 17.4 Å². The van der Waals surface area contributed by atoms with Crippen LogP contribution in [0.25, 0.3) is 17.0 Å². The number of hydrogen-bond acceptors (Lipinski definition) is 7. The van der Waals surface area contributed by atoms with Gasteiger partial charge in [-0.1, -0.05) is 12.0 Å². The minimum atomic E-state index is -0.631. The fourth-order valence-corrected chi connectivity index (χ4v) is 3.44. The van der Waals surface area contributed by atoms with Gasteiger partial charge in [0.05, 0.1) is 31.2 Å². The summed E-state index contributed by atoms with van der Waals surface area (Å²) in [5.41, 5.74) is 7.86. The highest BCUT2D eigenvalue weighted by atomic mass is 19.1. The molecule has 0 aliphatic carbocycles. The lowest BCUT2D eigenvalue weighted by Crippen LogP contribution is -2.41. The lowest BCUT2D eigenvalue weighted by atomic mass is 10.1. The first-order valence-electron chi connectivity index (χ1n) is 10.2. The summed E-state index contributed by atoms with van der Waals surface area (Å²) in [4.78, 5) is 26.7. The van der Waals surface area contributed by atoms with Crippen molar-refractivity contribution in [1.82, 2.24) is 29.5 Å². The zero-order chi connectivity index (χ0) is 22.8. The van der Waals surface area contributed by atoms with Crippen LogP contribution in [0.5, 0.6) is 0 Å². The van der Waals surface area contributed by atoms with E-state index in [4.69, 9.17) is 10.5 Å². The van der Waals surface area contributed by atoms with Crippen LogP contribution in [0.2, 0.25) is 0 Å². The van der Waals surface area contributed by atoms with Gasteiger partial charge in [0.15, 0.2) is 11.5 Å². The molecule has 5 rings (SSSR count). The molecule has 33 heavy (non-hydrogen) atoms. The minimum absolute atomic E-state index is 0.00698. The van der Waals surface area contributed by atoms with E-state index in [1.807, 2.05) is 0 Å². The van der Waals surface area contributed by atoms with Gasteiger partial charge >= 0.3 is 0 Å². The number of imidazole rings is 1. The van der Waals surface area contributed by atoms with Gasteiger partial charge in [-0.25, -0.2) is 23.9 Å². The number of aromatic nitrogens is 5. The molecule has 3 aromatic heterocycles. The van der Waals surface area contributed by atoms with Gasteiger partial charge in [-0.05, 0) is 30.2 Å². The van der Waals surface area contributed by atoms with E-state index >= 15 is 0 Å². The van der Waals surface area contributed by atoms with Gasteiger partial charge in [0.1, 0.15) is 17.3 Å². The largest absolute Gasteiger partial charge is 0.384 e. The van der Waals surface area contributed by atoms with Crippen LogP contribution in [0, 0.1) is 17.7 Å². The molecule has 0 saturated carbocycles. The van der Waals surface area contributed by atoms with E-state index in [-0.39, 0.29) is 17.3 Å². The summed E-state index contributed by atoms with van der Waals surface area (Å²) in [5.74, 6) is 5.67. The number of carbonyl (C=O) groups excluding carboxylic acids is 1. The Bertz CT molecular complexity index is 1420. The summed E-state index contributed by atoms with van der Waals surface area (Å²) in [5, 5.41) is 4.47. The molecule has 4 aromatic rings. The minimum Gasteiger partial charge on any atom is -0.384 e. The number of benzene rings is 1. The lowest BCUT2D eigenvalue weighted by molar-refractivity contribution is 0.0300. The number of carbonyl (C=O) groups is 1. The number of morpholine rings is 1. The van der Waals surface area contributed by atoms with Crippen LogP contribution >= 0.6 is 0 Å². The lowest BCUT2D eigenvalue weighted by Gasteiger charge is -2.27. The van der Waals surface area contributed by atoms with Crippen LogP contribution in [-0.2, 0) is 4.74 Å². The van der Waals surface area contributed by atoms with Crippen molar-refractivity contribution in [3.05, 3.63) is 71.6 Å². The second kappa shape index (κ2) is 8.64. The molecule has 1 aliphatic heterocycles. The zero-order valence-corrected chi connectivity index (χ0v) is 17.4. The Balaban J connectivity index is 1.45. The summed E-state index contributed by atoms with van der Waals surface area (Å²) >= 11 is 0. The standard InChI is InChI=1S/C23H18FN7O2/c24-19-12-16(2-4-18(19)23(32)30-7-9-33-10-8-30)22-28-14-21-27-13-17(31(21)29-22)3-1-15-5-6-26-20(25)11-15/h2,4-6,11-14H,7-10H2,(H2,25,26). The highest BCUT2D eigenvalue weighted by Crippen LogP contribution is 2.20. The van der Waals surface area contributed by atoms with Crippen LogP contribution in [-0.4, -0.2) is 61.7 Å². The molecule has 0 spiro atoms. The van der Waals surface area contributed by atoms with Crippen LogP contribution in [0.4, 0.5) is 10.2 Å². The maximum atomic E-state index is 14.8. The van der Waals surface area contributed by atoms with Gasteiger partial charge in [-0.3, -0.25) is 4.79 Å². The maximum absolute atomic E-state index is 14.8. The average Bonchev–Trinajstić information content (AvgIpc) is 3.25. The third-order valence-electron chi connectivity index (χ3n) is 5.13. The van der Waals surface area contributed by atoms with Gasteiger partial charge in [0.2, 0.25) is 0 Å². The van der Waals surface area contributed by atoms with Crippen molar-refractivity contribution in [2.24, 2.45) is 0 Å². The van der Waals surface area contributed by atoms with Crippen LogP contribution in [0.3, 0.4) is 0 Å². The Morgan fingerprint density at radius 2 is 1.91 bits per heavy atom. The van der Waals surface area contributed by atoms with E-state index in [9.17, 15) is 9.18 Å². The van der Waals surface area contributed by atoms with Crippen molar-refractivity contribution in [2.75, 3.05) is 32.0 Å². The van der Waals surface area contributed by atoms with Crippen LogP contribution in [0.1, 0.15) is 21.6 Å². The summed E-state index contributed by atoms with van der Waals surface area (Å²) in [6, 6.07) is 7.75. The number of fused-ring (bicyclic) bond motifs is 1. The van der Waals surface area contributed by atoms with Gasteiger partial charge in [-0.2, -0.15) is 0 Å². The Morgan fingerprint density at radius 3 is 2.70 bits per heavy atom. The summed E-state index contributed by atoms with van der Waals surface area (Å²) in [6.07, 6.45) is 4.69. The predicted octanol–water partition coefficient (Wildman–Crippen LogP) is 1.78. The van der Waals surface area contributed by atoms with E-state index in [0.717, 1.165) is 0 Å². The summed E-state index contributed by atoms with van der Waals surface area (Å²) in [6.45, 7) is 1.78. The SMILES string of the molecule is Nc1cc(C#Cc2cnc3cnc(-c4ccc(C(=O)N5CCOCC5)c(F)c4)nn23)ccn1. The Hall–Kier alpha value is -4.36. The number of nitrogen functional groups attached to an aromatic ring is 1. The van der Waals surface area contributed by atoms with Crippen LogP contribution < -0.4 is 5.73 Å². The third kappa shape index (κ3) is 4.22. The maximum Gasteiger partial charge on any atom is 0.256 e. The molecule has 4 heterocycles. The molecule has 1 saturated heterocycles. The molecule has 10 heteroatoms. The van der Waals surface area contributed by atoms with E-state index in [1.54, 1.807) is 35.5 Å². The average molecular weight is 443 g/mol. The number of rotatable bonds is 2. The second-order valence-corrected chi connectivity index (χ2v) is 7.31. The topological polar surface area (TPSA) is 112 Å². The third-order valence-corrected chi connectivity index (χ3v) is 5.13. The number of halogens is 1. The van der Waals surface area contributed by atoms with E-state index in [0.29, 0.717) is 54.6 Å². The van der Waals surface area contributed by atoms with Crippen molar-refractivity contribution in [1.29, 1.82) is 0 Å². The molecule has 0 radical (unpaired) electrons. The molecule has 9 nitrogen and oxygen atoms in total. The quantitative estimate of drug-likeness (QED) is 0.470. The molecular weight excluding hydrogens is 425 g/mol. The van der Waals surface area contributed by atoms with Gasteiger partial charge < -0.3 is 15.4 Å². The van der Waals surface area contributed by atoms with Crippen molar-refractivity contribution in [3.63, 3.8) is 0 Å². The van der Waals surface area contributed by atoms with Crippen LogP contribution in [0.15, 0.2) is 48.9 Å². The number of ether oxygens (including phenoxy) is 1.